The van der Waals surface area contributed by atoms with Gasteiger partial charge in [-0.3, -0.25) is 4.57 Å². The molecule has 0 N–H and O–H groups in total. The van der Waals surface area contributed by atoms with E-state index in [4.69, 9.17) is 0 Å². The fourth-order valence-corrected chi connectivity index (χ4v) is 4.92. The van der Waals surface area contributed by atoms with Crippen LogP contribution in [0.3, 0.4) is 0 Å². The number of benzene rings is 2. The van der Waals surface area contributed by atoms with Crippen molar-refractivity contribution in [1.29, 1.82) is 0 Å². The molecule has 3 nitrogen and oxygen atoms in total. The number of thioether (sulfide) groups is 1. The van der Waals surface area contributed by atoms with Crippen molar-refractivity contribution in [1.82, 2.24) is 14.8 Å². The second-order valence-corrected chi connectivity index (χ2v) is 7.92. The molecule has 2 heterocycles. The van der Waals surface area contributed by atoms with E-state index in [9.17, 15) is 0 Å². The Kier molecular flexibility index (Phi) is 4.91. The van der Waals surface area contributed by atoms with Gasteiger partial charge in [0.1, 0.15) is 0 Å². The number of allylic oxidation sites excluding steroid dienone is 1. The highest BCUT2D eigenvalue weighted by molar-refractivity contribution is 7.98. The quantitative estimate of drug-likeness (QED) is 0.307. The summed E-state index contributed by atoms with van der Waals surface area (Å²) in [4.78, 5) is 0. The third-order valence-corrected chi connectivity index (χ3v) is 6.35. The lowest BCUT2D eigenvalue weighted by atomic mass is 10.1. The first-order valence-electron chi connectivity index (χ1n) is 8.46. The van der Waals surface area contributed by atoms with Gasteiger partial charge in [-0.2, -0.15) is 0 Å². The normalized spacial score (nSPS) is 11.1. The highest BCUT2D eigenvalue weighted by atomic mass is 32.2. The van der Waals surface area contributed by atoms with E-state index >= 15 is 0 Å². The van der Waals surface area contributed by atoms with E-state index in [-0.39, 0.29) is 0 Å². The summed E-state index contributed by atoms with van der Waals surface area (Å²) < 4.78 is 3.43. The molecule has 0 saturated carbocycles. The zero-order valence-corrected chi connectivity index (χ0v) is 16.2. The van der Waals surface area contributed by atoms with Crippen LogP contribution in [0.25, 0.3) is 21.5 Å². The van der Waals surface area contributed by atoms with Crippen molar-refractivity contribution in [3.8, 4) is 11.4 Å². The first-order chi connectivity index (χ1) is 12.8. The number of hydrogen-bond acceptors (Lipinski definition) is 4. The lowest BCUT2D eigenvalue weighted by Gasteiger charge is -2.08. The van der Waals surface area contributed by atoms with Crippen molar-refractivity contribution < 1.29 is 0 Å². The van der Waals surface area contributed by atoms with Crippen LogP contribution in [-0.2, 0) is 12.3 Å². The number of fused-ring (bicyclic) bond motifs is 1. The maximum atomic E-state index is 4.51. The van der Waals surface area contributed by atoms with E-state index in [1.807, 2.05) is 6.08 Å². The molecule has 0 aliphatic carbocycles. The summed E-state index contributed by atoms with van der Waals surface area (Å²) in [5, 5.41) is 13.3. The van der Waals surface area contributed by atoms with Crippen molar-refractivity contribution in [2.24, 2.45) is 0 Å². The lowest BCUT2D eigenvalue weighted by Crippen LogP contribution is -2.00. The maximum Gasteiger partial charge on any atom is 0.192 e. The molecule has 0 aliphatic rings. The molecule has 0 amide bonds. The molecule has 0 atom stereocenters. The fraction of sp³-hybridized carbons (Fsp3) is 0.143. The summed E-state index contributed by atoms with van der Waals surface area (Å²) in [6.45, 7) is 6.75. The van der Waals surface area contributed by atoms with E-state index < -0.39 is 0 Å². The number of hydrogen-bond donors (Lipinski definition) is 0. The highest BCUT2D eigenvalue weighted by Crippen LogP contribution is 2.35. The Hall–Kier alpha value is -2.37. The average Bonchev–Trinajstić information content (AvgIpc) is 3.25. The minimum Gasteiger partial charge on any atom is -0.298 e. The predicted octanol–water partition coefficient (Wildman–Crippen LogP) is 5.95. The van der Waals surface area contributed by atoms with Gasteiger partial charge in [0.25, 0.3) is 0 Å². The van der Waals surface area contributed by atoms with E-state index in [1.165, 1.54) is 21.2 Å². The van der Waals surface area contributed by atoms with E-state index in [0.29, 0.717) is 6.54 Å². The Morgan fingerprint density at radius 1 is 1.12 bits per heavy atom. The number of rotatable bonds is 6. The van der Waals surface area contributed by atoms with Gasteiger partial charge in [-0.05, 0) is 24.1 Å². The van der Waals surface area contributed by atoms with Crippen LogP contribution in [0.2, 0.25) is 0 Å². The monoisotopic (exact) mass is 377 g/mol. The van der Waals surface area contributed by atoms with Crippen LogP contribution in [0.5, 0.6) is 0 Å². The summed E-state index contributed by atoms with van der Waals surface area (Å²) in [5.41, 5.74) is 3.77. The van der Waals surface area contributed by atoms with Crippen molar-refractivity contribution in [3.05, 3.63) is 77.7 Å². The van der Waals surface area contributed by atoms with Gasteiger partial charge in [-0.1, -0.05) is 60.3 Å². The molecule has 2 aromatic carbocycles. The van der Waals surface area contributed by atoms with Crippen LogP contribution in [0, 0.1) is 6.92 Å². The van der Waals surface area contributed by atoms with Crippen LogP contribution < -0.4 is 0 Å². The van der Waals surface area contributed by atoms with Crippen molar-refractivity contribution in [3.63, 3.8) is 0 Å². The van der Waals surface area contributed by atoms with Crippen molar-refractivity contribution >= 4 is 33.2 Å². The highest BCUT2D eigenvalue weighted by Gasteiger charge is 2.17. The van der Waals surface area contributed by atoms with Gasteiger partial charge in [-0.15, -0.1) is 28.1 Å². The molecule has 0 saturated heterocycles. The molecule has 2 aromatic heterocycles. The minimum atomic E-state index is 0.697. The topological polar surface area (TPSA) is 30.7 Å². The Bertz CT molecular complexity index is 1060. The van der Waals surface area contributed by atoms with Crippen LogP contribution in [0.1, 0.15) is 11.1 Å². The zero-order chi connectivity index (χ0) is 17.9. The van der Waals surface area contributed by atoms with Gasteiger partial charge in [0.15, 0.2) is 11.0 Å². The van der Waals surface area contributed by atoms with E-state index in [2.05, 4.69) is 82.2 Å². The van der Waals surface area contributed by atoms with E-state index in [0.717, 1.165) is 22.3 Å². The molecular formula is C21H19N3S2. The minimum absolute atomic E-state index is 0.697. The Morgan fingerprint density at radius 2 is 1.92 bits per heavy atom. The smallest absolute Gasteiger partial charge is 0.192 e. The molecule has 0 aliphatic heterocycles. The van der Waals surface area contributed by atoms with Crippen molar-refractivity contribution in [2.45, 2.75) is 24.4 Å². The fourth-order valence-electron chi connectivity index (χ4n) is 2.95. The third-order valence-electron chi connectivity index (χ3n) is 4.37. The van der Waals surface area contributed by atoms with Gasteiger partial charge in [0.2, 0.25) is 0 Å². The number of nitrogens with zero attached hydrogens (tertiary/aromatic N) is 3. The second kappa shape index (κ2) is 7.48. The first-order valence-corrected chi connectivity index (χ1v) is 10.3. The molecule has 0 spiro atoms. The Labute approximate surface area is 161 Å². The largest absolute Gasteiger partial charge is 0.298 e. The van der Waals surface area contributed by atoms with Crippen LogP contribution in [0.15, 0.2) is 71.7 Å². The Balaban J connectivity index is 1.69. The standard InChI is InChI=1S/C21H19N3S2/c1-3-12-24-20(18-14-25-19-11-7-6-10-17(18)19)22-23-21(24)26-13-16-9-5-4-8-15(16)2/h3-11,14H,1,12-13H2,2H3. The molecule has 26 heavy (non-hydrogen) atoms. The van der Waals surface area contributed by atoms with Crippen LogP contribution >= 0.6 is 23.1 Å². The molecule has 0 radical (unpaired) electrons. The summed E-state index contributed by atoms with van der Waals surface area (Å²) in [6, 6.07) is 16.9. The molecule has 130 valence electrons. The SMILES string of the molecule is C=CCn1c(SCc2ccccc2C)nnc1-c1csc2ccccc12. The van der Waals surface area contributed by atoms with Gasteiger partial charge in [0, 0.05) is 33.3 Å². The molecular weight excluding hydrogens is 358 g/mol. The second-order valence-electron chi connectivity index (χ2n) is 6.07. The average molecular weight is 378 g/mol. The first kappa shape index (κ1) is 17.1. The van der Waals surface area contributed by atoms with Gasteiger partial charge in [-0.25, -0.2) is 0 Å². The van der Waals surface area contributed by atoms with Crippen LogP contribution in [0.4, 0.5) is 0 Å². The number of aryl methyl sites for hydroxylation is 1. The lowest BCUT2D eigenvalue weighted by molar-refractivity contribution is 0.731. The third kappa shape index (κ3) is 3.20. The molecule has 4 aromatic rings. The summed E-state index contributed by atoms with van der Waals surface area (Å²) >= 11 is 3.47. The predicted molar refractivity (Wildman–Crippen MR) is 112 cm³/mol. The molecule has 0 bridgehead atoms. The molecule has 0 unspecified atom stereocenters. The van der Waals surface area contributed by atoms with E-state index in [1.54, 1.807) is 23.1 Å². The molecule has 0 fully saturated rings. The molecule has 5 heteroatoms. The maximum absolute atomic E-state index is 4.51. The van der Waals surface area contributed by atoms with Gasteiger partial charge >= 0.3 is 0 Å². The summed E-state index contributed by atoms with van der Waals surface area (Å²) in [6.07, 6.45) is 1.90. The van der Waals surface area contributed by atoms with Gasteiger partial charge < -0.3 is 0 Å². The molecule has 4 rings (SSSR count). The zero-order valence-electron chi connectivity index (χ0n) is 14.6. The Morgan fingerprint density at radius 3 is 2.77 bits per heavy atom. The summed E-state index contributed by atoms with van der Waals surface area (Å²) in [7, 11) is 0. The number of thiophene rings is 1. The summed E-state index contributed by atoms with van der Waals surface area (Å²) in [5.74, 6) is 1.79. The van der Waals surface area contributed by atoms with Crippen LogP contribution in [-0.4, -0.2) is 14.8 Å². The van der Waals surface area contributed by atoms with Gasteiger partial charge in [0.05, 0.1) is 0 Å². The number of aromatic nitrogens is 3. The van der Waals surface area contributed by atoms with Crippen molar-refractivity contribution in [2.75, 3.05) is 0 Å².